The van der Waals surface area contributed by atoms with E-state index >= 15 is 0 Å². The Labute approximate surface area is 58.1 Å². The smallest absolute Gasteiger partial charge is 0.0993 e. The lowest BCUT2D eigenvalue weighted by molar-refractivity contribution is -0.0268. The Hall–Kier alpha value is 0.320. The zero-order chi connectivity index (χ0) is 5.70. The first-order chi connectivity index (χ1) is 3.35. The van der Waals surface area contributed by atoms with Gasteiger partial charge >= 0.3 is 0 Å². The van der Waals surface area contributed by atoms with E-state index in [0.29, 0.717) is 0 Å². The highest BCUT2D eigenvalue weighted by molar-refractivity contribution is 8.93. The highest BCUT2D eigenvalue weighted by Crippen LogP contribution is 1.75. The summed E-state index contributed by atoms with van der Waals surface area (Å²) in [6.45, 7) is -0.938. The lowest BCUT2D eigenvalue weighted by Crippen LogP contribution is -2.26. The second kappa shape index (κ2) is 7.32. The van der Waals surface area contributed by atoms with Crippen molar-refractivity contribution in [2.24, 2.45) is 0 Å². The number of aliphatic hydroxyl groups is 3. The third-order valence-electron chi connectivity index (χ3n) is 0.600. The number of hydrogen-bond acceptors (Lipinski definition) is 4. The molecule has 8 heavy (non-hydrogen) atoms. The molecule has 0 spiro atoms. The molecule has 0 radical (unpaired) electrons. The second-order valence-electron chi connectivity index (χ2n) is 1.10. The molecular formula is C3H10BrNO3. The maximum atomic E-state index is 8.13. The summed E-state index contributed by atoms with van der Waals surface area (Å²) in [5, 5.41) is 24.4. The van der Waals surface area contributed by atoms with Crippen LogP contribution in [0.25, 0.3) is 0 Å². The monoisotopic (exact) mass is 187 g/mol. The molecule has 3 N–H and O–H groups in total. The summed E-state index contributed by atoms with van der Waals surface area (Å²) < 4.78 is 0. The molecule has 0 aromatic carbocycles. The van der Waals surface area contributed by atoms with Crippen molar-refractivity contribution in [1.29, 1.82) is 0 Å². The number of halogens is 1. The van der Waals surface area contributed by atoms with Crippen molar-refractivity contribution in [1.82, 2.24) is 4.90 Å². The molecule has 0 rings (SSSR count). The lowest BCUT2D eigenvalue weighted by atomic mass is 10.9. The van der Waals surface area contributed by atoms with Gasteiger partial charge in [-0.05, 0) is 0 Å². The summed E-state index contributed by atoms with van der Waals surface area (Å²) in [6.07, 6.45) is 0. The summed E-state index contributed by atoms with van der Waals surface area (Å²) in [7, 11) is 0. The molecule has 0 fully saturated rings. The van der Waals surface area contributed by atoms with Crippen molar-refractivity contribution in [3.8, 4) is 0 Å². The van der Waals surface area contributed by atoms with Gasteiger partial charge in [-0.2, -0.15) is 0 Å². The van der Waals surface area contributed by atoms with Crippen molar-refractivity contribution < 1.29 is 15.3 Å². The van der Waals surface area contributed by atoms with Crippen LogP contribution in [0.2, 0.25) is 0 Å². The van der Waals surface area contributed by atoms with Crippen molar-refractivity contribution in [3.63, 3.8) is 0 Å². The normalized spacial score (nSPS) is 9.00. The Morgan fingerprint density at radius 2 is 1.12 bits per heavy atom. The molecule has 0 aliphatic rings. The van der Waals surface area contributed by atoms with E-state index in [1.54, 1.807) is 0 Å². The van der Waals surface area contributed by atoms with Gasteiger partial charge in [0.15, 0.2) is 0 Å². The fourth-order valence-electron chi connectivity index (χ4n) is 0.134. The predicted molar refractivity (Wildman–Crippen MR) is 33.4 cm³/mol. The standard InChI is InChI=1S/C3H9NO3.BrH/c5-1-4(2-6)3-7;/h5-7H,1-3H2;1H. The molecule has 52 valence electrons. The first kappa shape index (κ1) is 11.2. The molecule has 0 bridgehead atoms. The van der Waals surface area contributed by atoms with Gasteiger partial charge in [-0.3, -0.25) is 0 Å². The van der Waals surface area contributed by atoms with Gasteiger partial charge in [-0.15, -0.1) is 17.0 Å². The van der Waals surface area contributed by atoms with Crippen LogP contribution in [0, 0.1) is 0 Å². The van der Waals surface area contributed by atoms with E-state index in [1.807, 2.05) is 0 Å². The fraction of sp³-hybridized carbons (Fsp3) is 1.00. The quantitative estimate of drug-likeness (QED) is 0.482. The average Bonchev–Trinajstić information content (AvgIpc) is 1.72. The minimum absolute atomic E-state index is 0. The van der Waals surface area contributed by atoms with Crippen molar-refractivity contribution in [3.05, 3.63) is 0 Å². The van der Waals surface area contributed by atoms with Crippen LogP contribution in [-0.4, -0.2) is 40.4 Å². The predicted octanol–water partition coefficient (Wildman–Crippen LogP) is -1.28. The molecule has 0 aliphatic heterocycles. The third kappa shape index (κ3) is 4.48. The van der Waals surface area contributed by atoms with Crippen LogP contribution >= 0.6 is 17.0 Å². The fourth-order valence-corrected chi connectivity index (χ4v) is 0.134. The zero-order valence-electron chi connectivity index (χ0n) is 4.32. The largest absolute Gasteiger partial charge is 0.381 e. The van der Waals surface area contributed by atoms with E-state index in [1.165, 1.54) is 0 Å². The summed E-state index contributed by atoms with van der Waals surface area (Å²) in [4.78, 5) is 1.04. The molecular weight excluding hydrogens is 178 g/mol. The Morgan fingerprint density at radius 1 is 0.875 bits per heavy atom. The van der Waals surface area contributed by atoms with Gasteiger partial charge < -0.3 is 15.3 Å². The molecule has 5 heteroatoms. The Morgan fingerprint density at radius 3 is 1.12 bits per heavy atom. The van der Waals surface area contributed by atoms with Crippen LogP contribution in [0.5, 0.6) is 0 Å². The van der Waals surface area contributed by atoms with Gasteiger partial charge in [0.25, 0.3) is 0 Å². The number of hydrogen-bond donors (Lipinski definition) is 3. The number of nitrogens with zero attached hydrogens (tertiary/aromatic N) is 1. The van der Waals surface area contributed by atoms with E-state index in [-0.39, 0.29) is 37.2 Å². The number of aliphatic hydroxyl groups excluding tert-OH is 3. The minimum atomic E-state index is -0.312. The van der Waals surface area contributed by atoms with E-state index in [0.717, 1.165) is 4.90 Å². The summed E-state index contributed by atoms with van der Waals surface area (Å²) >= 11 is 0. The second-order valence-corrected chi connectivity index (χ2v) is 1.10. The first-order valence-electron chi connectivity index (χ1n) is 1.90. The molecule has 0 amide bonds. The Bertz CT molecular complexity index is 36.0. The maximum Gasteiger partial charge on any atom is 0.0993 e. The van der Waals surface area contributed by atoms with Gasteiger partial charge in [0, 0.05) is 0 Å². The molecule has 0 heterocycles. The Balaban J connectivity index is 0. The highest BCUT2D eigenvalue weighted by Gasteiger charge is 1.93. The van der Waals surface area contributed by atoms with Crippen LogP contribution in [0.15, 0.2) is 0 Å². The minimum Gasteiger partial charge on any atom is -0.381 e. The SMILES string of the molecule is Br.OCN(CO)CO. The van der Waals surface area contributed by atoms with E-state index < -0.39 is 0 Å². The van der Waals surface area contributed by atoms with Crippen LogP contribution in [0.4, 0.5) is 0 Å². The molecule has 0 saturated carbocycles. The topological polar surface area (TPSA) is 63.9 Å². The van der Waals surface area contributed by atoms with Gasteiger partial charge in [0.05, 0.1) is 20.2 Å². The van der Waals surface area contributed by atoms with Gasteiger partial charge in [-0.1, -0.05) is 0 Å². The first-order valence-corrected chi connectivity index (χ1v) is 1.90. The number of rotatable bonds is 3. The lowest BCUT2D eigenvalue weighted by Gasteiger charge is -2.09. The molecule has 0 aromatic rings. The van der Waals surface area contributed by atoms with Gasteiger partial charge in [-0.25, -0.2) is 4.90 Å². The van der Waals surface area contributed by atoms with Crippen LogP contribution in [0.3, 0.4) is 0 Å². The van der Waals surface area contributed by atoms with E-state index in [4.69, 9.17) is 15.3 Å². The molecule has 0 aromatic heterocycles. The highest BCUT2D eigenvalue weighted by atomic mass is 79.9. The Kier molecular flexibility index (Phi) is 10.2. The maximum absolute atomic E-state index is 8.13. The molecule has 0 unspecified atom stereocenters. The molecule has 0 saturated heterocycles. The van der Waals surface area contributed by atoms with Crippen molar-refractivity contribution >= 4 is 17.0 Å². The third-order valence-corrected chi connectivity index (χ3v) is 0.600. The zero-order valence-corrected chi connectivity index (χ0v) is 6.03. The van der Waals surface area contributed by atoms with E-state index in [9.17, 15) is 0 Å². The molecule has 0 atom stereocenters. The molecule has 0 aliphatic carbocycles. The summed E-state index contributed by atoms with van der Waals surface area (Å²) in [5.74, 6) is 0. The molecule has 4 nitrogen and oxygen atoms in total. The van der Waals surface area contributed by atoms with Crippen LogP contribution in [0.1, 0.15) is 0 Å². The van der Waals surface area contributed by atoms with Crippen LogP contribution in [-0.2, 0) is 0 Å². The van der Waals surface area contributed by atoms with Crippen LogP contribution < -0.4 is 0 Å². The van der Waals surface area contributed by atoms with Crippen molar-refractivity contribution in [2.75, 3.05) is 20.2 Å². The van der Waals surface area contributed by atoms with E-state index in [2.05, 4.69) is 0 Å². The van der Waals surface area contributed by atoms with Crippen molar-refractivity contribution in [2.45, 2.75) is 0 Å². The van der Waals surface area contributed by atoms with Gasteiger partial charge in [0.1, 0.15) is 0 Å². The average molecular weight is 188 g/mol. The van der Waals surface area contributed by atoms with Gasteiger partial charge in [0.2, 0.25) is 0 Å². The summed E-state index contributed by atoms with van der Waals surface area (Å²) in [6, 6.07) is 0. The summed E-state index contributed by atoms with van der Waals surface area (Å²) in [5.41, 5.74) is 0.